The Labute approximate surface area is 78.0 Å². The van der Waals surface area contributed by atoms with Crippen LogP contribution >= 0.6 is 0 Å². The lowest BCUT2D eigenvalue weighted by Gasteiger charge is -2.27. The molecule has 0 N–H and O–H groups in total. The fourth-order valence-electron chi connectivity index (χ4n) is 0.961. The highest BCUT2D eigenvalue weighted by atomic mass is 32.2. The largest absolute Gasteiger partial charge is 0.348 e. The molecule has 1 unspecified atom stereocenters. The first kappa shape index (κ1) is 10.4. The van der Waals surface area contributed by atoms with Gasteiger partial charge in [0.25, 0.3) is 10.1 Å². The van der Waals surface area contributed by atoms with Crippen LogP contribution in [0.25, 0.3) is 0 Å². The maximum absolute atomic E-state index is 10.9. The Morgan fingerprint density at radius 3 is 2.31 bits per heavy atom. The second-order valence-corrected chi connectivity index (χ2v) is 4.20. The minimum Gasteiger partial charge on any atom is -0.348 e. The Morgan fingerprint density at radius 1 is 1.23 bits per heavy atom. The first-order valence-electron chi connectivity index (χ1n) is 3.64. The van der Waals surface area contributed by atoms with Crippen molar-refractivity contribution in [3.05, 3.63) is 30.7 Å². The minimum absolute atomic E-state index is 0.980. The number of methoxy groups -OCH3 is 1. The monoisotopic (exact) mass is 203 g/mol. The van der Waals surface area contributed by atoms with E-state index in [0.717, 1.165) is 6.26 Å². The number of allylic oxidation sites excluding steroid dienone is 2. The van der Waals surface area contributed by atoms with E-state index in [-0.39, 0.29) is 0 Å². The van der Waals surface area contributed by atoms with Crippen LogP contribution in [0.2, 0.25) is 0 Å². The Morgan fingerprint density at radius 2 is 1.92 bits per heavy atom. The zero-order valence-electron chi connectivity index (χ0n) is 7.43. The van der Waals surface area contributed by atoms with Crippen molar-refractivity contribution >= 4 is 10.1 Å². The van der Waals surface area contributed by atoms with Gasteiger partial charge in [0.05, 0.1) is 6.26 Å². The van der Waals surface area contributed by atoms with Gasteiger partial charge in [-0.2, -0.15) is 8.42 Å². The van der Waals surface area contributed by atoms with E-state index in [1.54, 1.807) is 18.2 Å². The molecule has 4 nitrogen and oxygen atoms in total. The van der Waals surface area contributed by atoms with Crippen molar-refractivity contribution in [2.24, 2.45) is 0 Å². The van der Waals surface area contributed by atoms with Gasteiger partial charge in [0, 0.05) is 13.5 Å². The third-order valence-electron chi connectivity index (χ3n) is 1.48. The van der Waals surface area contributed by atoms with Crippen LogP contribution in [0, 0.1) is 6.42 Å². The molecule has 0 saturated carbocycles. The van der Waals surface area contributed by atoms with Crippen LogP contribution in [0.4, 0.5) is 0 Å². The summed E-state index contributed by atoms with van der Waals surface area (Å²) in [5.41, 5.74) is 0. The molecule has 0 spiro atoms. The Kier molecular flexibility index (Phi) is 2.90. The molecule has 1 aliphatic rings. The van der Waals surface area contributed by atoms with Crippen LogP contribution in [0.1, 0.15) is 0 Å². The zero-order valence-corrected chi connectivity index (χ0v) is 8.24. The smallest absolute Gasteiger partial charge is 0.267 e. The molecule has 0 fully saturated rings. The van der Waals surface area contributed by atoms with Gasteiger partial charge in [-0.3, -0.25) is 0 Å². The molecule has 0 heterocycles. The number of ether oxygens (including phenoxy) is 1. The fraction of sp³-hybridized carbons (Fsp3) is 0.375. The second kappa shape index (κ2) is 3.61. The molecular weight excluding hydrogens is 192 g/mol. The lowest BCUT2D eigenvalue weighted by molar-refractivity contribution is -0.0905. The van der Waals surface area contributed by atoms with Crippen molar-refractivity contribution in [2.45, 2.75) is 5.79 Å². The van der Waals surface area contributed by atoms with Crippen LogP contribution in [-0.2, 0) is 19.0 Å². The SMILES string of the molecule is COC1(OS(C)(=O)=O)[CH]C=CC=C1. The highest BCUT2D eigenvalue weighted by Crippen LogP contribution is 2.23. The van der Waals surface area contributed by atoms with Crippen LogP contribution < -0.4 is 0 Å². The normalized spacial score (nSPS) is 27.8. The van der Waals surface area contributed by atoms with Crippen molar-refractivity contribution in [2.75, 3.05) is 13.4 Å². The first-order valence-corrected chi connectivity index (χ1v) is 5.45. The van der Waals surface area contributed by atoms with Crippen LogP contribution in [0.15, 0.2) is 24.3 Å². The summed E-state index contributed by atoms with van der Waals surface area (Å²) < 4.78 is 31.5. The van der Waals surface area contributed by atoms with Crippen LogP contribution in [0.3, 0.4) is 0 Å². The molecule has 1 rings (SSSR count). The maximum atomic E-state index is 10.9. The van der Waals surface area contributed by atoms with E-state index >= 15 is 0 Å². The summed E-state index contributed by atoms with van der Waals surface area (Å²) in [6, 6.07) is 0. The minimum atomic E-state index is -3.54. The topological polar surface area (TPSA) is 52.6 Å². The van der Waals surface area contributed by atoms with Crippen molar-refractivity contribution in [1.82, 2.24) is 0 Å². The lowest BCUT2D eigenvalue weighted by atomic mass is 10.1. The Hall–Kier alpha value is -0.650. The second-order valence-electron chi connectivity index (χ2n) is 2.62. The van der Waals surface area contributed by atoms with E-state index < -0.39 is 15.9 Å². The van der Waals surface area contributed by atoms with Gasteiger partial charge >= 0.3 is 0 Å². The number of hydrogen-bond acceptors (Lipinski definition) is 4. The molecule has 0 aromatic carbocycles. The predicted molar refractivity (Wildman–Crippen MR) is 48.2 cm³/mol. The number of rotatable bonds is 3. The van der Waals surface area contributed by atoms with Gasteiger partial charge in [0.1, 0.15) is 0 Å². The van der Waals surface area contributed by atoms with Crippen molar-refractivity contribution in [1.29, 1.82) is 0 Å². The molecule has 1 atom stereocenters. The van der Waals surface area contributed by atoms with Gasteiger partial charge in [0.15, 0.2) is 0 Å². The van der Waals surface area contributed by atoms with E-state index in [0.29, 0.717) is 0 Å². The molecular formula is C8H11O4S. The first-order chi connectivity index (χ1) is 5.97. The number of hydrogen-bond donors (Lipinski definition) is 0. The highest BCUT2D eigenvalue weighted by Gasteiger charge is 2.32. The molecule has 13 heavy (non-hydrogen) atoms. The molecule has 0 aliphatic heterocycles. The van der Waals surface area contributed by atoms with E-state index in [2.05, 4.69) is 0 Å². The average Bonchev–Trinajstić information content (AvgIpc) is 2.03. The average molecular weight is 203 g/mol. The summed E-state index contributed by atoms with van der Waals surface area (Å²) in [7, 11) is -2.16. The van der Waals surface area contributed by atoms with E-state index in [9.17, 15) is 8.42 Å². The van der Waals surface area contributed by atoms with Crippen LogP contribution in [-0.4, -0.2) is 27.6 Å². The summed E-state index contributed by atoms with van der Waals surface area (Å²) in [5.74, 6) is -1.28. The predicted octanol–water partition coefficient (Wildman–Crippen LogP) is 0.636. The summed E-state index contributed by atoms with van der Waals surface area (Å²) in [4.78, 5) is 0. The summed E-state index contributed by atoms with van der Waals surface area (Å²) >= 11 is 0. The van der Waals surface area contributed by atoms with Gasteiger partial charge in [-0.05, 0) is 6.08 Å². The summed E-state index contributed by atoms with van der Waals surface area (Å²) in [5, 5.41) is 0. The molecule has 73 valence electrons. The van der Waals surface area contributed by atoms with Gasteiger partial charge in [0.2, 0.25) is 5.79 Å². The van der Waals surface area contributed by atoms with Crippen molar-refractivity contribution in [3.8, 4) is 0 Å². The van der Waals surface area contributed by atoms with Crippen molar-refractivity contribution < 1.29 is 17.3 Å². The van der Waals surface area contributed by atoms with Gasteiger partial charge in [-0.1, -0.05) is 18.2 Å². The molecule has 0 saturated heterocycles. The molecule has 0 aromatic rings. The lowest BCUT2D eigenvalue weighted by Crippen LogP contribution is -2.35. The van der Waals surface area contributed by atoms with Gasteiger partial charge in [-0.25, -0.2) is 4.18 Å². The summed E-state index contributed by atoms with van der Waals surface area (Å²) in [6.45, 7) is 0. The summed E-state index contributed by atoms with van der Waals surface area (Å²) in [6.07, 6.45) is 9.10. The highest BCUT2D eigenvalue weighted by molar-refractivity contribution is 7.86. The van der Waals surface area contributed by atoms with Crippen molar-refractivity contribution in [3.63, 3.8) is 0 Å². The molecule has 1 radical (unpaired) electrons. The third kappa shape index (κ3) is 2.95. The third-order valence-corrected chi connectivity index (χ3v) is 2.04. The Balaban J connectivity index is 2.83. The fourth-order valence-corrected chi connectivity index (χ4v) is 1.61. The Bertz CT molecular complexity index is 328. The van der Waals surface area contributed by atoms with Crippen LogP contribution in [0.5, 0.6) is 0 Å². The molecule has 0 aromatic heterocycles. The van der Waals surface area contributed by atoms with Gasteiger partial charge in [-0.15, -0.1) is 0 Å². The standard InChI is InChI=1S/C8H11O4S/c1-11-8(12-13(2,9)10)6-4-3-5-7-8/h3-7H,1-2H3. The van der Waals surface area contributed by atoms with E-state index in [1.807, 2.05) is 0 Å². The van der Waals surface area contributed by atoms with Gasteiger partial charge < -0.3 is 4.74 Å². The van der Waals surface area contributed by atoms with E-state index in [1.165, 1.54) is 19.6 Å². The zero-order chi connectivity index (χ0) is 9.95. The molecule has 0 bridgehead atoms. The molecule has 0 amide bonds. The quantitative estimate of drug-likeness (QED) is 0.499. The maximum Gasteiger partial charge on any atom is 0.267 e. The molecule has 1 aliphatic carbocycles. The van der Waals surface area contributed by atoms with E-state index in [4.69, 9.17) is 8.92 Å². The molecule has 5 heteroatoms.